The number of aliphatic hydroxyl groups excluding tert-OH is 1. The van der Waals surface area contributed by atoms with E-state index in [1.807, 2.05) is 24.3 Å². The average Bonchev–Trinajstić information content (AvgIpc) is 2.65. The van der Waals surface area contributed by atoms with Crippen molar-refractivity contribution in [3.8, 4) is 6.07 Å². The van der Waals surface area contributed by atoms with E-state index in [-0.39, 0.29) is 5.92 Å². The molecule has 1 heterocycles. The summed E-state index contributed by atoms with van der Waals surface area (Å²) in [5, 5.41) is 23.9. The Hall–Kier alpha value is -2.61. The minimum Gasteiger partial charge on any atom is -0.393 e. The molecular weight excluding hydrogens is 346 g/mol. The van der Waals surface area contributed by atoms with E-state index < -0.39 is 6.10 Å². The summed E-state index contributed by atoms with van der Waals surface area (Å²) in [6.07, 6.45) is 0.245. The van der Waals surface area contributed by atoms with Crippen LogP contribution in [0.15, 0.2) is 54.6 Å². The van der Waals surface area contributed by atoms with Crippen molar-refractivity contribution >= 4 is 28.3 Å². The molecule has 0 bridgehead atoms. The summed E-state index contributed by atoms with van der Waals surface area (Å²) in [5.41, 5.74) is 2.42. The lowest BCUT2D eigenvalue weighted by molar-refractivity contribution is 0.175. The predicted molar refractivity (Wildman–Crippen MR) is 105 cm³/mol. The van der Waals surface area contributed by atoms with Crippen LogP contribution in [0.4, 0.5) is 5.82 Å². The summed E-state index contributed by atoms with van der Waals surface area (Å²) < 4.78 is 0. The molecule has 2 unspecified atom stereocenters. The highest BCUT2D eigenvalue weighted by molar-refractivity contribution is 6.31. The molecule has 132 valence electrons. The van der Waals surface area contributed by atoms with E-state index in [2.05, 4.69) is 28.5 Å². The second-order valence-electron chi connectivity index (χ2n) is 6.40. The Kier molecular flexibility index (Phi) is 5.72. The second kappa shape index (κ2) is 8.18. The van der Waals surface area contributed by atoms with Gasteiger partial charge in [0.25, 0.3) is 0 Å². The van der Waals surface area contributed by atoms with Crippen LogP contribution in [0.3, 0.4) is 0 Å². The number of aliphatic hydroxyl groups is 1. The summed E-state index contributed by atoms with van der Waals surface area (Å²) in [6.45, 7) is 2.41. The maximum atomic E-state index is 9.83. The summed E-state index contributed by atoms with van der Waals surface area (Å²) in [5.74, 6) is 0.785. The first kappa shape index (κ1) is 18.2. The first-order chi connectivity index (χ1) is 12.6. The Balaban J connectivity index is 1.85. The maximum Gasteiger partial charge on any atom is 0.128 e. The fourth-order valence-corrected chi connectivity index (χ4v) is 3.26. The lowest BCUT2D eigenvalue weighted by Gasteiger charge is -2.20. The Morgan fingerprint density at radius 3 is 2.65 bits per heavy atom. The van der Waals surface area contributed by atoms with Gasteiger partial charge in [-0.1, -0.05) is 41.9 Å². The zero-order valence-corrected chi connectivity index (χ0v) is 15.2. The Bertz CT molecular complexity index is 935. The van der Waals surface area contributed by atoms with E-state index in [9.17, 15) is 10.4 Å². The monoisotopic (exact) mass is 365 g/mol. The van der Waals surface area contributed by atoms with E-state index in [4.69, 9.17) is 11.6 Å². The standard InChI is InChI=1S/C21H20ClN3O/c1-14(26)9-17(15-5-3-2-4-6-15)13-24-21-10-16(12-23)19-11-18(22)7-8-20(19)25-21/h2-8,10-11,14,17,26H,9,13H2,1H3,(H,24,25). The van der Waals surface area contributed by atoms with Gasteiger partial charge in [-0.25, -0.2) is 4.98 Å². The first-order valence-electron chi connectivity index (χ1n) is 8.54. The van der Waals surface area contributed by atoms with Crippen molar-refractivity contribution in [2.45, 2.75) is 25.4 Å². The van der Waals surface area contributed by atoms with Crippen molar-refractivity contribution < 1.29 is 5.11 Å². The average molecular weight is 366 g/mol. The number of benzene rings is 2. The van der Waals surface area contributed by atoms with Gasteiger partial charge in [-0.05, 0) is 43.2 Å². The van der Waals surface area contributed by atoms with Gasteiger partial charge >= 0.3 is 0 Å². The zero-order chi connectivity index (χ0) is 18.5. The van der Waals surface area contributed by atoms with Gasteiger partial charge in [-0.15, -0.1) is 0 Å². The number of halogens is 1. The van der Waals surface area contributed by atoms with Crippen LogP contribution in [0.5, 0.6) is 0 Å². The van der Waals surface area contributed by atoms with Gasteiger partial charge in [0, 0.05) is 22.9 Å². The number of nitrogens with one attached hydrogen (secondary N) is 1. The van der Waals surface area contributed by atoms with Crippen molar-refractivity contribution in [1.82, 2.24) is 4.98 Å². The van der Waals surface area contributed by atoms with Gasteiger partial charge in [0.1, 0.15) is 5.82 Å². The highest BCUT2D eigenvalue weighted by Gasteiger charge is 2.15. The maximum absolute atomic E-state index is 9.83. The topological polar surface area (TPSA) is 68.9 Å². The molecule has 3 aromatic rings. The molecular formula is C21H20ClN3O. The molecule has 2 atom stereocenters. The van der Waals surface area contributed by atoms with Gasteiger partial charge in [0.05, 0.1) is 23.3 Å². The number of nitriles is 1. The van der Waals surface area contributed by atoms with Crippen molar-refractivity contribution in [3.05, 3.63) is 70.7 Å². The van der Waals surface area contributed by atoms with E-state index in [0.717, 1.165) is 16.5 Å². The Morgan fingerprint density at radius 1 is 1.19 bits per heavy atom. The van der Waals surface area contributed by atoms with E-state index in [0.29, 0.717) is 29.4 Å². The van der Waals surface area contributed by atoms with Gasteiger partial charge in [-0.3, -0.25) is 0 Å². The normalized spacial score (nSPS) is 13.2. The van der Waals surface area contributed by atoms with E-state index in [1.54, 1.807) is 25.1 Å². The Morgan fingerprint density at radius 2 is 1.96 bits per heavy atom. The highest BCUT2D eigenvalue weighted by Crippen LogP contribution is 2.26. The minimum atomic E-state index is -0.400. The fraction of sp³-hybridized carbons (Fsp3) is 0.238. The van der Waals surface area contributed by atoms with Gasteiger partial charge in [0.15, 0.2) is 0 Å². The van der Waals surface area contributed by atoms with Crippen LogP contribution >= 0.6 is 11.6 Å². The second-order valence-corrected chi connectivity index (χ2v) is 6.84. The summed E-state index contributed by atoms with van der Waals surface area (Å²) in [4.78, 5) is 4.59. The lowest BCUT2D eigenvalue weighted by Crippen LogP contribution is -2.18. The number of pyridine rings is 1. The molecule has 0 fully saturated rings. The molecule has 0 aliphatic carbocycles. The van der Waals surface area contributed by atoms with E-state index in [1.165, 1.54) is 0 Å². The molecule has 0 saturated heterocycles. The molecule has 0 aliphatic heterocycles. The third-order valence-corrected chi connectivity index (χ3v) is 4.55. The van der Waals surface area contributed by atoms with Crippen LogP contribution in [0.1, 0.15) is 30.4 Å². The molecule has 0 saturated carbocycles. The largest absolute Gasteiger partial charge is 0.393 e. The molecule has 1 aromatic heterocycles. The Labute approximate surface area is 158 Å². The summed E-state index contributed by atoms with van der Waals surface area (Å²) >= 11 is 6.03. The van der Waals surface area contributed by atoms with Crippen molar-refractivity contribution in [3.63, 3.8) is 0 Å². The molecule has 3 rings (SSSR count). The van der Waals surface area contributed by atoms with Crippen LogP contribution in [0.25, 0.3) is 10.9 Å². The van der Waals surface area contributed by atoms with Gasteiger partial charge in [-0.2, -0.15) is 5.26 Å². The smallest absolute Gasteiger partial charge is 0.128 e. The van der Waals surface area contributed by atoms with Crippen LogP contribution in [0.2, 0.25) is 5.02 Å². The fourth-order valence-electron chi connectivity index (χ4n) is 3.08. The quantitative estimate of drug-likeness (QED) is 0.662. The predicted octanol–water partition coefficient (Wildman–Crippen LogP) is 4.73. The van der Waals surface area contributed by atoms with Crippen molar-refractivity contribution in [1.29, 1.82) is 5.26 Å². The number of hydrogen-bond acceptors (Lipinski definition) is 4. The first-order valence-corrected chi connectivity index (χ1v) is 8.92. The number of anilines is 1. The zero-order valence-electron chi connectivity index (χ0n) is 14.5. The van der Waals surface area contributed by atoms with Crippen LogP contribution in [0, 0.1) is 11.3 Å². The molecule has 0 spiro atoms. The van der Waals surface area contributed by atoms with Gasteiger partial charge < -0.3 is 10.4 Å². The van der Waals surface area contributed by atoms with Crippen molar-refractivity contribution in [2.75, 3.05) is 11.9 Å². The summed E-state index contributed by atoms with van der Waals surface area (Å²) in [7, 11) is 0. The highest BCUT2D eigenvalue weighted by atomic mass is 35.5. The molecule has 4 nitrogen and oxygen atoms in total. The molecule has 0 aliphatic rings. The van der Waals surface area contributed by atoms with Crippen LogP contribution in [-0.2, 0) is 0 Å². The SMILES string of the molecule is CC(O)CC(CNc1cc(C#N)c2cc(Cl)ccc2n1)c1ccccc1. The van der Waals surface area contributed by atoms with Crippen LogP contribution < -0.4 is 5.32 Å². The molecule has 2 N–H and O–H groups in total. The molecule has 2 aromatic carbocycles. The minimum absolute atomic E-state index is 0.143. The number of fused-ring (bicyclic) bond motifs is 1. The third-order valence-electron chi connectivity index (χ3n) is 4.32. The number of hydrogen-bond donors (Lipinski definition) is 2. The van der Waals surface area contributed by atoms with E-state index >= 15 is 0 Å². The van der Waals surface area contributed by atoms with Crippen molar-refractivity contribution in [2.24, 2.45) is 0 Å². The third kappa shape index (κ3) is 4.32. The number of nitrogens with zero attached hydrogens (tertiary/aromatic N) is 2. The number of aromatic nitrogens is 1. The number of rotatable bonds is 6. The molecule has 0 amide bonds. The molecule has 26 heavy (non-hydrogen) atoms. The van der Waals surface area contributed by atoms with Crippen LogP contribution in [-0.4, -0.2) is 22.7 Å². The summed E-state index contributed by atoms with van der Waals surface area (Å²) in [6, 6.07) is 19.4. The lowest BCUT2D eigenvalue weighted by atomic mass is 9.93. The molecule has 0 radical (unpaired) electrons. The van der Waals surface area contributed by atoms with Gasteiger partial charge in [0.2, 0.25) is 0 Å². The molecule has 5 heteroatoms.